The number of imidazole rings is 1. The average Bonchev–Trinajstić information content (AvgIpc) is 3.24. The van der Waals surface area contributed by atoms with Crippen LogP contribution in [-0.4, -0.2) is 61.2 Å². The predicted octanol–water partition coefficient (Wildman–Crippen LogP) is 0.909. The molecule has 0 aromatic carbocycles. The van der Waals surface area contributed by atoms with E-state index in [1.165, 1.54) is 44.8 Å². The maximum atomic E-state index is 10.4. The highest BCUT2D eigenvalue weighted by Gasteiger charge is 2.44. The van der Waals surface area contributed by atoms with Crippen molar-refractivity contribution in [3.63, 3.8) is 0 Å². The Morgan fingerprint density at radius 2 is 1.93 bits per heavy atom. The summed E-state index contributed by atoms with van der Waals surface area (Å²) in [6.07, 6.45) is 6.30. The third kappa shape index (κ3) is 4.76. The Hall–Kier alpha value is -1.85. The fraction of sp³-hybridized carbons (Fsp3) is 0.722. The quantitative estimate of drug-likeness (QED) is 0.323. The first-order valence-corrected chi connectivity index (χ1v) is 9.92. The molecule has 0 radical (unpaired) electrons. The smallest absolute Gasteiger partial charge is 0.167 e. The van der Waals surface area contributed by atoms with Gasteiger partial charge in [0, 0.05) is 6.54 Å². The number of unbranched alkanes of at least 4 members (excludes halogenated alkanes) is 5. The van der Waals surface area contributed by atoms with E-state index in [1.54, 1.807) is 4.57 Å². The maximum Gasteiger partial charge on any atom is 0.167 e. The van der Waals surface area contributed by atoms with E-state index in [9.17, 15) is 10.2 Å². The van der Waals surface area contributed by atoms with E-state index in [4.69, 9.17) is 15.3 Å². The molecule has 5 N–H and O–H groups in total. The van der Waals surface area contributed by atoms with Crippen LogP contribution in [-0.2, 0) is 9.57 Å². The minimum Gasteiger partial charge on any atom is -0.387 e. The van der Waals surface area contributed by atoms with Gasteiger partial charge in [-0.05, 0) is 6.42 Å². The van der Waals surface area contributed by atoms with Crippen molar-refractivity contribution in [2.45, 2.75) is 70.0 Å². The van der Waals surface area contributed by atoms with E-state index in [0.29, 0.717) is 11.2 Å². The highest BCUT2D eigenvalue weighted by Crippen LogP contribution is 2.31. The fourth-order valence-corrected chi connectivity index (χ4v) is 3.34. The van der Waals surface area contributed by atoms with Crippen molar-refractivity contribution in [1.82, 2.24) is 25.0 Å². The predicted molar refractivity (Wildman–Crippen MR) is 103 cm³/mol. The molecule has 156 valence electrons. The molecule has 0 bridgehead atoms. The van der Waals surface area contributed by atoms with Crippen molar-refractivity contribution in [2.75, 3.05) is 18.9 Å². The van der Waals surface area contributed by atoms with Crippen LogP contribution in [0.5, 0.6) is 0 Å². The van der Waals surface area contributed by atoms with Gasteiger partial charge in [0.25, 0.3) is 0 Å². The zero-order chi connectivity index (χ0) is 19.9. The fourth-order valence-electron chi connectivity index (χ4n) is 3.34. The molecule has 2 aromatic heterocycles. The molecule has 10 heteroatoms. The number of hydrogen-bond acceptors (Lipinski definition) is 9. The lowest BCUT2D eigenvalue weighted by Crippen LogP contribution is -2.35. The molecule has 4 atom stereocenters. The number of ether oxygens (including phenoxy) is 1. The van der Waals surface area contributed by atoms with Crippen LogP contribution in [0.25, 0.3) is 11.2 Å². The molecule has 0 spiro atoms. The van der Waals surface area contributed by atoms with Gasteiger partial charge in [0.15, 0.2) is 17.7 Å². The lowest BCUT2D eigenvalue weighted by Gasteiger charge is -2.16. The molecule has 0 aliphatic carbocycles. The van der Waals surface area contributed by atoms with Gasteiger partial charge in [-0.25, -0.2) is 20.4 Å². The lowest BCUT2D eigenvalue weighted by molar-refractivity contribution is -0.0860. The summed E-state index contributed by atoms with van der Waals surface area (Å²) in [4.78, 5) is 17.6. The number of rotatable bonds is 11. The number of anilines is 1. The normalized spacial score (nSPS) is 25.0. The summed E-state index contributed by atoms with van der Waals surface area (Å²) >= 11 is 0. The van der Waals surface area contributed by atoms with Gasteiger partial charge in [0.1, 0.15) is 30.2 Å². The monoisotopic (exact) mass is 394 g/mol. The third-order valence-corrected chi connectivity index (χ3v) is 4.98. The SMILES string of the molecule is CCCCCCCCNOC[C@H]1O[C@@H](n2cnc3c(N)ncnc32)[C@H](O)[C@@H]1O. The number of aliphatic hydroxyl groups excluding tert-OH is 2. The number of nitrogens with two attached hydrogens (primary N) is 1. The van der Waals surface area contributed by atoms with Crippen LogP contribution in [0.2, 0.25) is 0 Å². The standard InChI is InChI=1S/C18H30N6O4/c1-2-3-4-5-6-7-8-23-27-9-12-14(25)15(26)18(28-12)24-11-22-13-16(19)20-10-21-17(13)24/h10-12,14-15,18,23,25-26H,2-9H2,1H3,(H2,19,20,21)/t12-,14-,15-,18-/m1/s1. The zero-order valence-electron chi connectivity index (χ0n) is 16.2. The highest BCUT2D eigenvalue weighted by atomic mass is 16.7. The first kappa shape index (κ1) is 20.9. The van der Waals surface area contributed by atoms with Gasteiger partial charge in [-0.3, -0.25) is 9.40 Å². The van der Waals surface area contributed by atoms with E-state index >= 15 is 0 Å². The average molecular weight is 394 g/mol. The van der Waals surface area contributed by atoms with Crippen LogP contribution >= 0.6 is 0 Å². The number of hydrogen-bond donors (Lipinski definition) is 4. The van der Waals surface area contributed by atoms with Crippen LogP contribution in [0.1, 0.15) is 51.7 Å². The van der Waals surface area contributed by atoms with Crippen LogP contribution in [0.4, 0.5) is 5.82 Å². The Morgan fingerprint density at radius 3 is 2.75 bits per heavy atom. The number of aromatic nitrogens is 4. The van der Waals surface area contributed by atoms with Crippen molar-refractivity contribution in [3.05, 3.63) is 12.7 Å². The van der Waals surface area contributed by atoms with Crippen molar-refractivity contribution < 1.29 is 19.8 Å². The van der Waals surface area contributed by atoms with Gasteiger partial charge in [0.2, 0.25) is 0 Å². The molecule has 3 rings (SSSR count). The maximum absolute atomic E-state index is 10.4. The summed E-state index contributed by atoms with van der Waals surface area (Å²) in [5.41, 5.74) is 9.55. The van der Waals surface area contributed by atoms with E-state index in [2.05, 4.69) is 27.4 Å². The summed E-state index contributed by atoms with van der Waals surface area (Å²) in [6, 6.07) is 0. The summed E-state index contributed by atoms with van der Waals surface area (Å²) in [7, 11) is 0. The Labute approximate surface area is 164 Å². The Bertz CT molecular complexity index is 742. The van der Waals surface area contributed by atoms with Gasteiger partial charge >= 0.3 is 0 Å². The number of aliphatic hydroxyl groups is 2. The van der Waals surface area contributed by atoms with Crippen LogP contribution < -0.4 is 11.2 Å². The van der Waals surface area contributed by atoms with Crippen molar-refractivity contribution in [3.8, 4) is 0 Å². The minimum atomic E-state index is -1.14. The van der Waals surface area contributed by atoms with E-state index in [0.717, 1.165) is 13.0 Å². The second kappa shape index (κ2) is 10.1. The molecule has 0 amide bonds. The highest BCUT2D eigenvalue weighted by molar-refractivity contribution is 5.81. The number of hydroxylamine groups is 1. The molecule has 1 saturated heterocycles. The largest absolute Gasteiger partial charge is 0.387 e. The van der Waals surface area contributed by atoms with Gasteiger partial charge in [-0.15, -0.1) is 0 Å². The molecule has 28 heavy (non-hydrogen) atoms. The van der Waals surface area contributed by atoms with Crippen molar-refractivity contribution in [1.29, 1.82) is 0 Å². The van der Waals surface area contributed by atoms with E-state index < -0.39 is 24.5 Å². The minimum absolute atomic E-state index is 0.119. The first-order valence-electron chi connectivity index (χ1n) is 9.92. The van der Waals surface area contributed by atoms with Crippen molar-refractivity contribution in [2.24, 2.45) is 0 Å². The molecule has 3 heterocycles. The van der Waals surface area contributed by atoms with Gasteiger partial charge < -0.3 is 20.7 Å². The molecular formula is C18H30N6O4. The summed E-state index contributed by atoms with van der Waals surface area (Å²) in [5, 5.41) is 20.7. The van der Waals surface area contributed by atoms with E-state index in [1.807, 2.05) is 0 Å². The summed E-state index contributed by atoms with van der Waals surface area (Å²) < 4.78 is 7.35. The molecule has 10 nitrogen and oxygen atoms in total. The van der Waals surface area contributed by atoms with Gasteiger partial charge in [0.05, 0.1) is 12.9 Å². The van der Waals surface area contributed by atoms with Crippen molar-refractivity contribution >= 4 is 17.0 Å². The number of nitrogen functional groups attached to an aromatic ring is 1. The Kier molecular flexibility index (Phi) is 7.51. The first-order chi connectivity index (χ1) is 13.6. The molecule has 1 aliphatic rings. The lowest BCUT2D eigenvalue weighted by atomic mass is 10.1. The second-order valence-corrected chi connectivity index (χ2v) is 7.10. The second-order valence-electron chi connectivity index (χ2n) is 7.10. The zero-order valence-corrected chi connectivity index (χ0v) is 16.2. The number of nitrogens with one attached hydrogen (secondary N) is 1. The topological polar surface area (TPSA) is 141 Å². The number of nitrogens with zero attached hydrogens (tertiary/aromatic N) is 4. The number of fused-ring (bicyclic) bond motifs is 1. The van der Waals surface area contributed by atoms with E-state index in [-0.39, 0.29) is 12.4 Å². The molecule has 2 aromatic rings. The molecule has 0 unspecified atom stereocenters. The molecule has 0 saturated carbocycles. The van der Waals surface area contributed by atoms with Crippen LogP contribution in [0.15, 0.2) is 12.7 Å². The Balaban J connectivity index is 1.46. The van der Waals surface area contributed by atoms with Gasteiger partial charge in [-0.2, -0.15) is 0 Å². The molecule has 1 aliphatic heterocycles. The summed E-state index contributed by atoms with van der Waals surface area (Å²) in [6.45, 7) is 3.06. The molecule has 1 fully saturated rings. The van der Waals surface area contributed by atoms with Gasteiger partial charge in [-0.1, -0.05) is 39.0 Å². The van der Waals surface area contributed by atoms with Crippen LogP contribution in [0, 0.1) is 0 Å². The Morgan fingerprint density at radius 1 is 1.14 bits per heavy atom. The molecular weight excluding hydrogens is 364 g/mol. The van der Waals surface area contributed by atoms with Crippen LogP contribution in [0.3, 0.4) is 0 Å². The summed E-state index contributed by atoms with van der Waals surface area (Å²) in [5.74, 6) is 0.246. The third-order valence-electron chi connectivity index (χ3n) is 4.98.